The Bertz CT molecular complexity index is 827. The lowest BCUT2D eigenvalue weighted by atomic mass is 9.94. The molecular formula is C18H19N3O3. The Balaban J connectivity index is 1.49. The van der Waals surface area contributed by atoms with Crippen molar-refractivity contribution in [2.24, 2.45) is 5.92 Å². The van der Waals surface area contributed by atoms with Gasteiger partial charge in [-0.25, -0.2) is 0 Å². The number of ether oxygens (including phenoxy) is 1. The molecule has 1 aromatic carbocycles. The van der Waals surface area contributed by atoms with Crippen LogP contribution < -0.4 is 0 Å². The molecule has 0 amide bonds. The summed E-state index contributed by atoms with van der Waals surface area (Å²) in [5, 5.41) is 15.5. The summed E-state index contributed by atoms with van der Waals surface area (Å²) in [6.45, 7) is 1.35. The van der Waals surface area contributed by atoms with E-state index in [1.165, 1.54) is 0 Å². The van der Waals surface area contributed by atoms with E-state index in [-0.39, 0.29) is 5.92 Å². The molecule has 3 aromatic rings. The van der Waals surface area contributed by atoms with Crippen LogP contribution in [0.4, 0.5) is 0 Å². The van der Waals surface area contributed by atoms with Gasteiger partial charge in [-0.05, 0) is 36.5 Å². The van der Waals surface area contributed by atoms with Crippen LogP contribution in [-0.4, -0.2) is 33.4 Å². The highest BCUT2D eigenvalue weighted by Crippen LogP contribution is 2.29. The Hall–Kier alpha value is -2.31. The third-order valence-electron chi connectivity index (χ3n) is 4.48. The van der Waals surface area contributed by atoms with Gasteiger partial charge in [-0.15, -0.1) is 0 Å². The number of hydrogen-bond acceptors (Lipinski definition) is 6. The first kappa shape index (κ1) is 15.2. The molecule has 6 heteroatoms. The van der Waals surface area contributed by atoms with Crippen molar-refractivity contribution < 1.29 is 14.4 Å². The average Bonchev–Trinajstić information content (AvgIpc) is 3.10. The van der Waals surface area contributed by atoms with Crippen LogP contribution in [0, 0.1) is 5.92 Å². The van der Waals surface area contributed by atoms with E-state index in [1.807, 2.05) is 30.3 Å². The van der Waals surface area contributed by atoms with Crippen LogP contribution in [0.1, 0.15) is 36.2 Å². The van der Waals surface area contributed by atoms with Crippen molar-refractivity contribution in [1.29, 1.82) is 0 Å². The number of hydrogen-bond donors (Lipinski definition) is 1. The van der Waals surface area contributed by atoms with Crippen molar-refractivity contribution in [1.82, 2.24) is 15.1 Å². The molecule has 2 aromatic heterocycles. The number of aromatic nitrogens is 3. The maximum Gasteiger partial charge on any atom is 0.255 e. The van der Waals surface area contributed by atoms with E-state index in [9.17, 15) is 5.11 Å². The Morgan fingerprint density at radius 2 is 2.08 bits per heavy atom. The van der Waals surface area contributed by atoms with Crippen LogP contribution in [0.15, 0.2) is 41.1 Å². The standard InChI is InChI=1S/C18H19N3O3/c22-17(14-5-8-23-9-6-14)18-20-16(21-24-18)11-12-3-4-13-2-1-7-19-15(13)10-12/h1-4,7,10,14,17,22H,5-6,8-9,11H2. The van der Waals surface area contributed by atoms with E-state index in [4.69, 9.17) is 9.26 Å². The largest absolute Gasteiger partial charge is 0.383 e. The van der Waals surface area contributed by atoms with Gasteiger partial charge in [0, 0.05) is 31.2 Å². The maximum atomic E-state index is 10.4. The molecule has 0 radical (unpaired) electrons. The first-order valence-electron chi connectivity index (χ1n) is 8.21. The summed E-state index contributed by atoms with van der Waals surface area (Å²) >= 11 is 0. The summed E-state index contributed by atoms with van der Waals surface area (Å²) in [5.74, 6) is 0.999. The first-order valence-corrected chi connectivity index (χ1v) is 8.21. The third-order valence-corrected chi connectivity index (χ3v) is 4.48. The second-order valence-corrected chi connectivity index (χ2v) is 6.15. The molecule has 6 nitrogen and oxygen atoms in total. The van der Waals surface area contributed by atoms with E-state index in [1.54, 1.807) is 6.20 Å². The smallest absolute Gasteiger partial charge is 0.255 e. The third kappa shape index (κ3) is 3.16. The van der Waals surface area contributed by atoms with Gasteiger partial charge in [-0.1, -0.05) is 23.4 Å². The van der Waals surface area contributed by atoms with Crippen LogP contribution >= 0.6 is 0 Å². The number of fused-ring (bicyclic) bond motifs is 1. The van der Waals surface area contributed by atoms with Gasteiger partial charge in [0.1, 0.15) is 6.10 Å². The molecule has 0 aliphatic carbocycles. The zero-order chi connectivity index (χ0) is 16.4. The van der Waals surface area contributed by atoms with Gasteiger partial charge in [0.05, 0.1) is 5.52 Å². The molecule has 3 heterocycles. The van der Waals surface area contributed by atoms with Crippen molar-refractivity contribution in [2.45, 2.75) is 25.4 Å². The minimum atomic E-state index is -0.714. The predicted molar refractivity (Wildman–Crippen MR) is 87.3 cm³/mol. The Morgan fingerprint density at radius 1 is 1.21 bits per heavy atom. The van der Waals surface area contributed by atoms with Crippen LogP contribution in [0.3, 0.4) is 0 Å². The van der Waals surface area contributed by atoms with E-state index < -0.39 is 6.10 Å². The highest BCUT2D eigenvalue weighted by Gasteiger charge is 2.28. The lowest BCUT2D eigenvalue weighted by Gasteiger charge is -2.24. The molecule has 4 rings (SSSR count). The molecule has 0 spiro atoms. The van der Waals surface area contributed by atoms with Gasteiger partial charge in [-0.2, -0.15) is 4.98 Å². The van der Waals surface area contributed by atoms with Crippen LogP contribution in [0.25, 0.3) is 10.9 Å². The maximum absolute atomic E-state index is 10.4. The SMILES string of the molecule is OC(c1nc(Cc2ccc3cccnc3c2)no1)C1CCOCC1. The molecule has 0 bridgehead atoms. The molecule has 1 fully saturated rings. The molecule has 1 unspecified atom stereocenters. The summed E-state index contributed by atoms with van der Waals surface area (Å²) in [7, 11) is 0. The van der Waals surface area contributed by atoms with Gasteiger partial charge >= 0.3 is 0 Å². The summed E-state index contributed by atoms with van der Waals surface area (Å²) in [6, 6.07) is 10.1. The van der Waals surface area contributed by atoms with Crippen molar-refractivity contribution in [3.05, 3.63) is 53.8 Å². The lowest BCUT2D eigenvalue weighted by Crippen LogP contribution is -2.22. The van der Waals surface area contributed by atoms with Crippen LogP contribution in [0.2, 0.25) is 0 Å². The topological polar surface area (TPSA) is 81.3 Å². The quantitative estimate of drug-likeness (QED) is 0.794. The zero-order valence-electron chi connectivity index (χ0n) is 13.3. The molecule has 124 valence electrons. The molecule has 1 N–H and O–H groups in total. The van der Waals surface area contributed by atoms with Gasteiger partial charge in [0.25, 0.3) is 5.89 Å². The van der Waals surface area contributed by atoms with Crippen molar-refractivity contribution in [3.8, 4) is 0 Å². The molecule has 1 aliphatic rings. The number of nitrogens with zero attached hydrogens (tertiary/aromatic N) is 3. The van der Waals surface area contributed by atoms with Crippen LogP contribution in [-0.2, 0) is 11.2 Å². The summed E-state index contributed by atoms with van der Waals surface area (Å²) < 4.78 is 10.6. The van der Waals surface area contributed by atoms with Crippen molar-refractivity contribution in [2.75, 3.05) is 13.2 Å². The summed E-state index contributed by atoms with van der Waals surface area (Å²) in [4.78, 5) is 8.73. The zero-order valence-corrected chi connectivity index (χ0v) is 13.3. The fourth-order valence-corrected chi connectivity index (χ4v) is 3.10. The lowest BCUT2D eigenvalue weighted by molar-refractivity contribution is -0.00545. The average molecular weight is 325 g/mol. The highest BCUT2D eigenvalue weighted by atomic mass is 16.5. The number of aliphatic hydroxyl groups is 1. The highest BCUT2D eigenvalue weighted by molar-refractivity contribution is 5.78. The summed E-state index contributed by atoms with van der Waals surface area (Å²) in [5.41, 5.74) is 2.01. The monoisotopic (exact) mass is 325 g/mol. The minimum absolute atomic E-state index is 0.122. The van der Waals surface area contributed by atoms with E-state index in [0.29, 0.717) is 31.3 Å². The normalized spacial score (nSPS) is 17.2. The van der Waals surface area contributed by atoms with E-state index >= 15 is 0 Å². The molecule has 1 saturated heterocycles. The van der Waals surface area contributed by atoms with Gasteiger partial charge in [0.15, 0.2) is 5.82 Å². The molecule has 1 atom stereocenters. The molecular weight excluding hydrogens is 306 g/mol. The predicted octanol–water partition coefficient (Wildman–Crippen LogP) is 2.67. The summed E-state index contributed by atoms with van der Waals surface area (Å²) in [6.07, 6.45) is 3.25. The number of aliphatic hydroxyl groups excluding tert-OH is 1. The number of pyridine rings is 1. The van der Waals surface area contributed by atoms with Gasteiger partial charge in [0.2, 0.25) is 0 Å². The van der Waals surface area contributed by atoms with E-state index in [2.05, 4.69) is 15.1 Å². The minimum Gasteiger partial charge on any atom is -0.383 e. The molecule has 1 aliphatic heterocycles. The van der Waals surface area contributed by atoms with Crippen LogP contribution in [0.5, 0.6) is 0 Å². The van der Waals surface area contributed by atoms with Gasteiger partial charge < -0.3 is 14.4 Å². The number of benzene rings is 1. The fourth-order valence-electron chi connectivity index (χ4n) is 3.10. The number of rotatable bonds is 4. The first-order chi connectivity index (χ1) is 11.8. The Morgan fingerprint density at radius 3 is 2.96 bits per heavy atom. The molecule has 24 heavy (non-hydrogen) atoms. The second kappa shape index (κ2) is 6.67. The Labute approximate surface area is 139 Å². The Kier molecular flexibility index (Phi) is 4.23. The second-order valence-electron chi connectivity index (χ2n) is 6.15. The van der Waals surface area contributed by atoms with E-state index in [0.717, 1.165) is 29.3 Å². The fraction of sp³-hybridized carbons (Fsp3) is 0.389. The molecule has 0 saturated carbocycles. The van der Waals surface area contributed by atoms with Crippen molar-refractivity contribution in [3.63, 3.8) is 0 Å². The van der Waals surface area contributed by atoms with Crippen molar-refractivity contribution >= 4 is 10.9 Å². The van der Waals surface area contributed by atoms with Gasteiger partial charge in [-0.3, -0.25) is 4.98 Å².